The van der Waals surface area contributed by atoms with Crippen molar-refractivity contribution in [1.29, 1.82) is 0 Å². The average molecular weight is 260 g/mol. The molecule has 0 aliphatic rings. The molecule has 2 N–H and O–H groups in total. The lowest BCUT2D eigenvalue weighted by atomic mass is 10.0. The summed E-state index contributed by atoms with van der Waals surface area (Å²) in [6, 6.07) is 0.377. The molecular formula is C13H28N2OS. The van der Waals surface area contributed by atoms with Gasteiger partial charge in [-0.25, -0.2) is 0 Å². The first-order valence-corrected chi connectivity index (χ1v) is 7.90. The van der Waals surface area contributed by atoms with Gasteiger partial charge < -0.3 is 10.6 Å². The maximum atomic E-state index is 12.0. The first kappa shape index (κ1) is 16.8. The zero-order chi connectivity index (χ0) is 13.3. The van der Waals surface area contributed by atoms with Gasteiger partial charge >= 0.3 is 0 Å². The number of nitrogens with zero attached hydrogens (tertiary/aromatic N) is 1. The van der Waals surface area contributed by atoms with Gasteiger partial charge in [0.05, 0.1) is 0 Å². The predicted molar refractivity (Wildman–Crippen MR) is 77.3 cm³/mol. The fourth-order valence-electron chi connectivity index (χ4n) is 1.87. The summed E-state index contributed by atoms with van der Waals surface area (Å²) in [5.41, 5.74) is 5.51. The maximum Gasteiger partial charge on any atom is 0.222 e. The summed E-state index contributed by atoms with van der Waals surface area (Å²) < 4.78 is 0. The van der Waals surface area contributed by atoms with Gasteiger partial charge in [0, 0.05) is 25.3 Å². The topological polar surface area (TPSA) is 46.3 Å². The van der Waals surface area contributed by atoms with Gasteiger partial charge in [-0.05, 0) is 38.0 Å². The Morgan fingerprint density at radius 1 is 1.41 bits per heavy atom. The maximum absolute atomic E-state index is 12.0. The molecule has 0 aromatic carbocycles. The third-order valence-corrected chi connectivity index (χ3v) is 4.00. The van der Waals surface area contributed by atoms with Crippen LogP contribution in [-0.2, 0) is 4.79 Å². The number of nitrogens with two attached hydrogens (primary N) is 1. The van der Waals surface area contributed by atoms with E-state index in [0.717, 1.165) is 31.6 Å². The Morgan fingerprint density at radius 2 is 2.06 bits per heavy atom. The second-order valence-corrected chi connectivity index (χ2v) is 5.65. The van der Waals surface area contributed by atoms with Gasteiger partial charge in [-0.3, -0.25) is 4.79 Å². The van der Waals surface area contributed by atoms with Crippen molar-refractivity contribution in [3.63, 3.8) is 0 Å². The number of amides is 1. The van der Waals surface area contributed by atoms with E-state index >= 15 is 0 Å². The van der Waals surface area contributed by atoms with Crippen molar-refractivity contribution >= 4 is 17.7 Å². The standard InChI is InChI=1S/C13H28N2OS/c1-5-12(10-17-4)15(3)13(16)7-6-11(2)8-9-14/h11-12H,5-10,14H2,1-4H3. The van der Waals surface area contributed by atoms with Crippen molar-refractivity contribution in [3.8, 4) is 0 Å². The average Bonchev–Trinajstić information content (AvgIpc) is 2.32. The van der Waals surface area contributed by atoms with Crippen LogP contribution in [0.15, 0.2) is 0 Å². The lowest BCUT2D eigenvalue weighted by Gasteiger charge is -2.27. The van der Waals surface area contributed by atoms with E-state index in [9.17, 15) is 4.79 Å². The second kappa shape index (κ2) is 9.77. The summed E-state index contributed by atoms with van der Waals surface area (Å²) in [6.07, 6.45) is 5.74. The van der Waals surface area contributed by atoms with Gasteiger partial charge in [0.25, 0.3) is 0 Å². The highest BCUT2D eigenvalue weighted by molar-refractivity contribution is 7.98. The van der Waals surface area contributed by atoms with Crippen LogP contribution in [-0.4, -0.2) is 42.4 Å². The van der Waals surface area contributed by atoms with E-state index in [0.29, 0.717) is 18.4 Å². The van der Waals surface area contributed by atoms with Crippen LogP contribution in [0.4, 0.5) is 0 Å². The highest BCUT2D eigenvalue weighted by Crippen LogP contribution is 2.14. The summed E-state index contributed by atoms with van der Waals surface area (Å²) >= 11 is 1.80. The van der Waals surface area contributed by atoms with Crippen molar-refractivity contribution in [2.24, 2.45) is 11.7 Å². The molecular weight excluding hydrogens is 232 g/mol. The number of carbonyl (C=O) groups excluding carboxylic acids is 1. The molecule has 4 heteroatoms. The molecule has 0 aromatic heterocycles. The van der Waals surface area contributed by atoms with E-state index in [4.69, 9.17) is 5.73 Å². The molecule has 0 spiro atoms. The highest BCUT2D eigenvalue weighted by atomic mass is 32.2. The lowest BCUT2D eigenvalue weighted by Crippen LogP contribution is -2.38. The van der Waals surface area contributed by atoms with Crippen molar-refractivity contribution in [3.05, 3.63) is 0 Å². The van der Waals surface area contributed by atoms with E-state index in [1.165, 1.54) is 0 Å². The Balaban J connectivity index is 4.02. The molecule has 1 amide bonds. The molecule has 0 saturated carbocycles. The second-order valence-electron chi connectivity index (χ2n) is 4.74. The highest BCUT2D eigenvalue weighted by Gasteiger charge is 2.18. The van der Waals surface area contributed by atoms with Gasteiger partial charge in [0.1, 0.15) is 0 Å². The van der Waals surface area contributed by atoms with Crippen LogP contribution in [0.25, 0.3) is 0 Å². The number of rotatable bonds is 9. The van der Waals surface area contributed by atoms with Gasteiger partial charge in [-0.15, -0.1) is 0 Å². The van der Waals surface area contributed by atoms with Crippen LogP contribution >= 0.6 is 11.8 Å². The van der Waals surface area contributed by atoms with Gasteiger partial charge in [-0.1, -0.05) is 13.8 Å². The first-order chi connectivity index (χ1) is 8.06. The van der Waals surface area contributed by atoms with Crippen LogP contribution in [0.2, 0.25) is 0 Å². The van der Waals surface area contributed by atoms with E-state index in [-0.39, 0.29) is 5.91 Å². The molecule has 0 aliphatic heterocycles. The normalized spacial score (nSPS) is 14.4. The summed E-state index contributed by atoms with van der Waals surface area (Å²) in [6.45, 7) is 5.02. The molecule has 2 atom stereocenters. The largest absolute Gasteiger partial charge is 0.342 e. The van der Waals surface area contributed by atoms with Crippen molar-refractivity contribution < 1.29 is 4.79 Å². The Kier molecular flexibility index (Phi) is 9.65. The molecule has 2 unspecified atom stereocenters. The molecule has 0 saturated heterocycles. The molecule has 0 fully saturated rings. The Morgan fingerprint density at radius 3 is 2.53 bits per heavy atom. The lowest BCUT2D eigenvalue weighted by molar-refractivity contribution is -0.131. The molecule has 0 aromatic rings. The van der Waals surface area contributed by atoms with E-state index in [2.05, 4.69) is 20.1 Å². The SMILES string of the molecule is CCC(CSC)N(C)C(=O)CCC(C)CCN. The molecule has 0 bridgehead atoms. The molecule has 0 rings (SSSR count). The van der Waals surface area contributed by atoms with Crippen LogP contribution in [0.1, 0.15) is 39.5 Å². The van der Waals surface area contributed by atoms with Crippen LogP contribution < -0.4 is 5.73 Å². The number of carbonyl (C=O) groups is 1. The van der Waals surface area contributed by atoms with E-state index in [1.807, 2.05) is 11.9 Å². The van der Waals surface area contributed by atoms with Crippen LogP contribution in [0.5, 0.6) is 0 Å². The van der Waals surface area contributed by atoms with Crippen LogP contribution in [0, 0.1) is 5.92 Å². The van der Waals surface area contributed by atoms with Gasteiger partial charge in [0.2, 0.25) is 5.91 Å². The smallest absolute Gasteiger partial charge is 0.222 e. The minimum Gasteiger partial charge on any atom is -0.342 e. The fourth-order valence-corrected chi connectivity index (χ4v) is 2.72. The summed E-state index contributed by atoms with van der Waals surface area (Å²) in [5, 5.41) is 0. The Bertz CT molecular complexity index is 212. The Hall–Kier alpha value is -0.220. The van der Waals surface area contributed by atoms with Crippen molar-refractivity contribution in [1.82, 2.24) is 4.90 Å². The molecule has 0 aliphatic carbocycles. The quantitative estimate of drug-likeness (QED) is 0.692. The zero-order valence-corrected chi connectivity index (χ0v) is 12.6. The summed E-state index contributed by atoms with van der Waals surface area (Å²) in [4.78, 5) is 13.9. The number of hydrogen-bond donors (Lipinski definition) is 1. The molecule has 0 radical (unpaired) electrons. The summed E-state index contributed by atoms with van der Waals surface area (Å²) in [7, 11) is 1.93. The number of thioether (sulfide) groups is 1. The van der Waals surface area contributed by atoms with Crippen LogP contribution in [0.3, 0.4) is 0 Å². The van der Waals surface area contributed by atoms with Crippen molar-refractivity contribution in [2.45, 2.75) is 45.6 Å². The molecule has 17 heavy (non-hydrogen) atoms. The molecule has 3 nitrogen and oxygen atoms in total. The molecule has 0 heterocycles. The Labute approximate surface area is 111 Å². The monoisotopic (exact) mass is 260 g/mol. The van der Waals surface area contributed by atoms with Crippen molar-refractivity contribution in [2.75, 3.05) is 25.6 Å². The molecule has 102 valence electrons. The van der Waals surface area contributed by atoms with Gasteiger partial charge in [-0.2, -0.15) is 11.8 Å². The third kappa shape index (κ3) is 6.94. The minimum absolute atomic E-state index is 0.273. The summed E-state index contributed by atoms with van der Waals surface area (Å²) in [5.74, 6) is 1.85. The fraction of sp³-hybridized carbons (Fsp3) is 0.923. The first-order valence-electron chi connectivity index (χ1n) is 6.51. The zero-order valence-electron chi connectivity index (χ0n) is 11.7. The van der Waals surface area contributed by atoms with E-state index in [1.54, 1.807) is 11.8 Å². The number of hydrogen-bond acceptors (Lipinski definition) is 3. The predicted octanol–water partition coefficient (Wildman–Crippen LogP) is 2.35. The minimum atomic E-state index is 0.273. The van der Waals surface area contributed by atoms with E-state index < -0.39 is 0 Å². The van der Waals surface area contributed by atoms with Gasteiger partial charge in [0.15, 0.2) is 0 Å². The third-order valence-electron chi connectivity index (χ3n) is 3.28.